The van der Waals surface area contributed by atoms with Crippen LogP contribution in [0.5, 0.6) is 5.75 Å². The number of amides is 1. The Labute approximate surface area is 179 Å². The number of sulfonamides is 1. The van der Waals surface area contributed by atoms with E-state index in [4.69, 9.17) is 16.3 Å². The molecule has 0 aliphatic carbocycles. The van der Waals surface area contributed by atoms with Crippen LogP contribution in [0.1, 0.15) is 16.9 Å². The van der Waals surface area contributed by atoms with Crippen molar-refractivity contribution in [3.63, 3.8) is 0 Å². The summed E-state index contributed by atoms with van der Waals surface area (Å²) < 4.78 is 69.8. The van der Waals surface area contributed by atoms with E-state index in [1.54, 1.807) is 4.72 Å². The fourth-order valence-electron chi connectivity index (χ4n) is 2.02. The molecule has 1 aromatic carbocycles. The standard InChI is InChI=1S/C14H11Br2ClF3N3O4S/c1-27-7-2-3-8(17)9(6-7)28(25,26)22-12(24)10-11(15)23(13(16)21-10)5-4-14(18,19)20/h2-3,6H,4-5H2,1H3,(H,22,24). The van der Waals surface area contributed by atoms with Crippen molar-refractivity contribution >= 4 is 59.4 Å². The number of aromatic nitrogens is 2. The van der Waals surface area contributed by atoms with Gasteiger partial charge >= 0.3 is 6.18 Å². The number of hydrogen-bond donors (Lipinski definition) is 1. The zero-order chi connectivity index (χ0) is 21.3. The number of rotatable bonds is 6. The summed E-state index contributed by atoms with van der Waals surface area (Å²) >= 11 is 11.8. The van der Waals surface area contributed by atoms with Crippen molar-refractivity contribution in [1.82, 2.24) is 14.3 Å². The normalized spacial score (nSPS) is 12.1. The fraction of sp³-hybridized carbons (Fsp3) is 0.286. The number of nitrogens with zero attached hydrogens (tertiary/aromatic N) is 2. The van der Waals surface area contributed by atoms with Gasteiger partial charge in [-0.15, -0.1) is 0 Å². The first-order valence-electron chi connectivity index (χ1n) is 7.24. The number of halogens is 6. The van der Waals surface area contributed by atoms with Crippen LogP contribution in [0, 0.1) is 0 Å². The molecule has 0 bridgehead atoms. The average molecular weight is 570 g/mol. The second-order valence-corrected chi connectivity index (χ2v) is 8.79. The highest BCUT2D eigenvalue weighted by atomic mass is 79.9. The van der Waals surface area contributed by atoms with E-state index in [-0.39, 0.29) is 20.1 Å². The van der Waals surface area contributed by atoms with Crippen molar-refractivity contribution in [2.45, 2.75) is 24.0 Å². The lowest BCUT2D eigenvalue weighted by Crippen LogP contribution is -2.31. The van der Waals surface area contributed by atoms with Gasteiger partial charge in [-0.3, -0.25) is 4.79 Å². The van der Waals surface area contributed by atoms with Crippen LogP contribution in [0.15, 0.2) is 32.4 Å². The molecule has 7 nitrogen and oxygen atoms in total. The van der Waals surface area contributed by atoms with Crippen LogP contribution in [0.3, 0.4) is 0 Å². The number of ether oxygens (including phenoxy) is 1. The van der Waals surface area contributed by atoms with Crippen molar-refractivity contribution < 1.29 is 31.1 Å². The third-order valence-electron chi connectivity index (χ3n) is 3.35. The van der Waals surface area contributed by atoms with E-state index in [0.717, 1.165) is 10.6 Å². The summed E-state index contributed by atoms with van der Waals surface area (Å²) in [6.07, 6.45) is -5.59. The van der Waals surface area contributed by atoms with Crippen LogP contribution in [-0.4, -0.2) is 37.2 Å². The molecule has 0 atom stereocenters. The molecule has 0 unspecified atom stereocenters. The molecule has 0 radical (unpaired) electrons. The van der Waals surface area contributed by atoms with E-state index in [1.165, 1.54) is 19.2 Å². The second kappa shape index (κ2) is 8.59. The van der Waals surface area contributed by atoms with Crippen molar-refractivity contribution in [2.75, 3.05) is 7.11 Å². The smallest absolute Gasteiger partial charge is 0.390 e. The third-order valence-corrected chi connectivity index (χ3v) is 6.57. The Bertz CT molecular complexity index is 1010. The third kappa shape index (κ3) is 5.39. The summed E-state index contributed by atoms with van der Waals surface area (Å²) in [5.74, 6) is -0.963. The largest absolute Gasteiger partial charge is 0.497 e. The highest BCUT2D eigenvalue weighted by Gasteiger charge is 2.30. The number of alkyl halides is 3. The zero-order valence-corrected chi connectivity index (χ0v) is 18.6. The van der Waals surface area contributed by atoms with Gasteiger partial charge in [0.05, 0.1) is 18.6 Å². The first-order valence-corrected chi connectivity index (χ1v) is 10.7. The highest BCUT2D eigenvalue weighted by molar-refractivity contribution is 9.11. The maximum absolute atomic E-state index is 12.5. The van der Waals surface area contributed by atoms with E-state index in [0.29, 0.717) is 0 Å². The Hall–Kier alpha value is -1.31. The average Bonchev–Trinajstić information content (AvgIpc) is 2.86. The molecular formula is C14H11Br2ClF3N3O4S. The molecule has 1 heterocycles. The summed E-state index contributed by atoms with van der Waals surface area (Å²) in [6.45, 7) is -0.528. The Morgan fingerprint density at radius 1 is 1.36 bits per heavy atom. The molecule has 1 N–H and O–H groups in total. The molecule has 0 aliphatic heterocycles. The van der Waals surface area contributed by atoms with E-state index in [1.807, 2.05) is 0 Å². The molecule has 0 saturated heterocycles. The summed E-state index contributed by atoms with van der Waals surface area (Å²) in [5, 5.41) is -0.156. The molecule has 2 rings (SSSR count). The Morgan fingerprint density at radius 2 is 2.00 bits per heavy atom. The quantitative estimate of drug-likeness (QED) is 0.565. The van der Waals surface area contributed by atoms with E-state index >= 15 is 0 Å². The lowest BCUT2D eigenvalue weighted by atomic mass is 10.3. The molecular weight excluding hydrogens is 558 g/mol. The SMILES string of the molecule is COc1ccc(Cl)c(S(=O)(=O)NC(=O)c2nc(Br)n(CCC(F)(F)F)c2Br)c1. The van der Waals surface area contributed by atoms with Gasteiger partial charge in [0.1, 0.15) is 15.2 Å². The molecule has 0 fully saturated rings. The molecule has 14 heteroatoms. The lowest BCUT2D eigenvalue weighted by Gasteiger charge is -2.10. The molecule has 0 spiro atoms. The molecule has 1 aromatic heterocycles. The fourth-order valence-corrected chi connectivity index (χ4v) is 4.88. The van der Waals surface area contributed by atoms with Gasteiger partial charge in [0.15, 0.2) is 10.4 Å². The minimum absolute atomic E-state index is 0.0782. The monoisotopic (exact) mass is 567 g/mol. The van der Waals surface area contributed by atoms with Gasteiger partial charge in [-0.2, -0.15) is 13.2 Å². The molecule has 154 valence electrons. The van der Waals surface area contributed by atoms with Gasteiger partial charge in [-0.25, -0.2) is 18.1 Å². The Morgan fingerprint density at radius 3 is 2.57 bits per heavy atom. The molecule has 0 saturated carbocycles. The Kier molecular flexibility index (Phi) is 7.05. The van der Waals surface area contributed by atoms with Gasteiger partial charge in [0, 0.05) is 12.6 Å². The van der Waals surface area contributed by atoms with Gasteiger partial charge in [0.25, 0.3) is 15.9 Å². The first-order chi connectivity index (χ1) is 12.9. The minimum atomic E-state index is -4.42. The minimum Gasteiger partial charge on any atom is -0.497 e. The maximum Gasteiger partial charge on any atom is 0.390 e. The van der Waals surface area contributed by atoms with Crippen molar-refractivity contribution in [2.24, 2.45) is 0 Å². The molecule has 0 aliphatic rings. The van der Waals surface area contributed by atoms with Gasteiger partial charge in [-0.1, -0.05) is 11.6 Å². The van der Waals surface area contributed by atoms with Crippen LogP contribution >= 0.6 is 43.5 Å². The van der Waals surface area contributed by atoms with Gasteiger partial charge < -0.3 is 9.30 Å². The van der Waals surface area contributed by atoms with Crippen molar-refractivity contribution in [3.05, 3.63) is 38.3 Å². The topological polar surface area (TPSA) is 90.3 Å². The number of benzene rings is 1. The zero-order valence-electron chi connectivity index (χ0n) is 13.8. The molecule has 28 heavy (non-hydrogen) atoms. The van der Waals surface area contributed by atoms with E-state index in [9.17, 15) is 26.4 Å². The van der Waals surface area contributed by atoms with Gasteiger partial charge in [-0.05, 0) is 44.0 Å². The van der Waals surface area contributed by atoms with Crippen LogP contribution < -0.4 is 9.46 Å². The maximum atomic E-state index is 12.5. The highest BCUT2D eigenvalue weighted by Crippen LogP contribution is 2.29. The summed E-state index contributed by atoms with van der Waals surface area (Å²) in [6, 6.07) is 3.82. The summed E-state index contributed by atoms with van der Waals surface area (Å²) in [5.41, 5.74) is -0.420. The Balaban J connectivity index is 2.30. The second-order valence-electron chi connectivity index (χ2n) is 5.27. The van der Waals surface area contributed by atoms with E-state index < -0.39 is 45.7 Å². The van der Waals surface area contributed by atoms with Crippen LogP contribution in [0.4, 0.5) is 13.2 Å². The number of carbonyl (C=O) groups is 1. The van der Waals surface area contributed by atoms with E-state index in [2.05, 4.69) is 36.8 Å². The van der Waals surface area contributed by atoms with Crippen LogP contribution in [0.25, 0.3) is 0 Å². The predicted octanol–water partition coefficient (Wildman–Crippen LogP) is 4.14. The number of carbonyl (C=O) groups excluding carboxylic acids is 1. The first kappa shape index (κ1) is 23.0. The predicted molar refractivity (Wildman–Crippen MR) is 101 cm³/mol. The number of imidazole rings is 1. The van der Waals surface area contributed by atoms with Crippen molar-refractivity contribution in [3.8, 4) is 5.75 Å². The van der Waals surface area contributed by atoms with Crippen LogP contribution in [0.2, 0.25) is 5.02 Å². The van der Waals surface area contributed by atoms with Crippen molar-refractivity contribution in [1.29, 1.82) is 0 Å². The lowest BCUT2D eigenvalue weighted by molar-refractivity contribution is -0.136. The summed E-state index contributed by atoms with van der Waals surface area (Å²) in [7, 11) is -3.08. The molecule has 2 aromatic rings. The van der Waals surface area contributed by atoms with Crippen LogP contribution in [-0.2, 0) is 16.6 Å². The number of nitrogens with one attached hydrogen (secondary N) is 1. The number of methoxy groups -OCH3 is 1. The summed E-state index contributed by atoms with van der Waals surface area (Å²) in [4.78, 5) is 15.7. The molecule has 1 amide bonds. The number of hydrogen-bond acceptors (Lipinski definition) is 5. The van der Waals surface area contributed by atoms with Gasteiger partial charge in [0.2, 0.25) is 0 Å².